The maximum Gasteiger partial charge on any atom is 0.266 e. The zero-order valence-electron chi connectivity index (χ0n) is 17.3. The minimum absolute atomic E-state index is 0.0234. The molecule has 0 fully saturated rings. The van der Waals surface area contributed by atoms with E-state index in [0.29, 0.717) is 17.1 Å². The van der Waals surface area contributed by atoms with Crippen LogP contribution in [-0.4, -0.2) is 26.5 Å². The molecule has 1 atom stereocenters. The van der Waals surface area contributed by atoms with E-state index in [-0.39, 0.29) is 28.7 Å². The first-order valence-corrected chi connectivity index (χ1v) is 11.2. The molecule has 0 saturated heterocycles. The third-order valence-electron chi connectivity index (χ3n) is 5.06. The van der Waals surface area contributed by atoms with Crippen molar-refractivity contribution < 1.29 is 21.9 Å². The van der Waals surface area contributed by atoms with E-state index >= 15 is 0 Å². The van der Waals surface area contributed by atoms with Crippen molar-refractivity contribution in [3.63, 3.8) is 0 Å². The number of hydrogen-bond donors (Lipinski definition) is 2. The van der Waals surface area contributed by atoms with E-state index in [1.165, 1.54) is 31.4 Å². The molecule has 166 valence electrons. The Labute approximate surface area is 184 Å². The summed E-state index contributed by atoms with van der Waals surface area (Å²) in [5.74, 6) is -1.33. The van der Waals surface area contributed by atoms with Crippen molar-refractivity contribution in [2.75, 3.05) is 12.4 Å². The van der Waals surface area contributed by atoms with Gasteiger partial charge in [-0.05, 0) is 35.9 Å². The lowest BCUT2D eigenvalue weighted by Gasteiger charge is -2.26. The van der Waals surface area contributed by atoms with Gasteiger partial charge in [0.05, 0.1) is 25.0 Å². The van der Waals surface area contributed by atoms with Crippen LogP contribution in [0.3, 0.4) is 0 Å². The van der Waals surface area contributed by atoms with Crippen LogP contribution in [-0.2, 0) is 16.6 Å². The number of nitrogens with one attached hydrogen (secondary N) is 2. The molecule has 4 rings (SSSR count). The summed E-state index contributed by atoms with van der Waals surface area (Å²) < 4.78 is 61.5. The number of nitrogens with zero attached hydrogens (tertiary/aromatic N) is 2. The number of ether oxygens (including phenoxy) is 1. The molecule has 0 unspecified atom stereocenters. The molecule has 0 bridgehead atoms. The van der Waals surface area contributed by atoms with Gasteiger partial charge in [-0.1, -0.05) is 25.1 Å². The Morgan fingerprint density at radius 2 is 1.91 bits per heavy atom. The van der Waals surface area contributed by atoms with Gasteiger partial charge in [-0.2, -0.15) is 0 Å². The van der Waals surface area contributed by atoms with Crippen molar-refractivity contribution in [1.82, 2.24) is 9.71 Å². The summed E-state index contributed by atoms with van der Waals surface area (Å²) in [5.41, 5.74) is 1.27. The maximum atomic E-state index is 15.0. The lowest BCUT2D eigenvalue weighted by molar-refractivity contribution is 0.395. The first-order chi connectivity index (χ1) is 15.3. The van der Waals surface area contributed by atoms with E-state index in [1.807, 2.05) is 0 Å². The van der Waals surface area contributed by atoms with Gasteiger partial charge in [0.15, 0.2) is 0 Å². The molecule has 0 amide bonds. The normalized spacial score (nSPS) is 16.6. The van der Waals surface area contributed by atoms with Gasteiger partial charge in [-0.15, -0.1) is 0 Å². The summed E-state index contributed by atoms with van der Waals surface area (Å²) in [4.78, 5) is 8.46. The molecule has 0 spiro atoms. The molecule has 2 heterocycles. The number of pyridine rings is 1. The van der Waals surface area contributed by atoms with E-state index in [9.17, 15) is 17.2 Å². The van der Waals surface area contributed by atoms with Crippen LogP contribution in [0.25, 0.3) is 0 Å². The highest BCUT2D eigenvalue weighted by Crippen LogP contribution is 2.37. The molecular formula is C22H20F2N4O3S. The molecule has 0 aliphatic carbocycles. The Bertz CT molecular complexity index is 1310. The van der Waals surface area contributed by atoms with Gasteiger partial charge < -0.3 is 10.1 Å². The molecular weight excluding hydrogens is 438 g/mol. The number of hydrogen-bond acceptors (Lipinski definition) is 5. The molecule has 0 radical (unpaired) electrons. The third-order valence-corrected chi connectivity index (χ3v) is 6.44. The Balaban J connectivity index is 1.75. The van der Waals surface area contributed by atoms with Crippen molar-refractivity contribution in [2.45, 2.75) is 24.3 Å². The Morgan fingerprint density at radius 1 is 1.12 bits per heavy atom. The number of aliphatic imine (C=N–C) groups is 1. The molecule has 2 N–H and O–H groups in total. The first kappa shape index (κ1) is 21.7. The number of sulfonamides is 1. The number of fused-ring (bicyclic) bond motifs is 1. The predicted molar refractivity (Wildman–Crippen MR) is 116 cm³/mol. The molecule has 32 heavy (non-hydrogen) atoms. The fourth-order valence-corrected chi connectivity index (χ4v) is 4.64. The topological polar surface area (TPSA) is 92.7 Å². The predicted octanol–water partition coefficient (Wildman–Crippen LogP) is 3.78. The van der Waals surface area contributed by atoms with Gasteiger partial charge in [-0.25, -0.2) is 31.9 Å². The number of halogens is 2. The average Bonchev–Trinajstić information content (AvgIpc) is 2.76. The largest absolute Gasteiger partial charge is 0.481 e. The highest BCUT2D eigenvalue weighted by molar-refractivity contribution is 7.90. The molecule has 3 aromatic rings. The van der Waals surface area contributed by atoms with E-state index < -0.39 is 27.6 Å². The second-order valence-electron chi connectivity index (χ2n) is 7.19. The molecule has 2 aromatic carbocycles. The second kappa shape index (κ2) is 8.54. The van der Waals surface area contributed by atoms with Crippen LogP contribution in [0.5, 0.6) is 5.88 Å². The highest BCUT2D eigenvalue weighted by Gasteiger charge is 2.32. The molecule has 0 saturated carbocycles. The van der Waals surface area contributed by atoms with Crippen LogP contribution in [0.4, 0.5) is 14.5 Å². The zero-order valence-corrected chi connectivity index (χ0v) is 18.1. The van der Waals surface area contributed by atoms with E-state index in [1.54, 1.807) is 31.2 Å². The fourth-order valence-electron chi connectivity index (χ4n) is 3.49. The molecule has 7 nitrogen and oxygen atoms in total. The van der Waals surface area contributed by atoms with Gasteiger partial charge in [0, 0.05) is 17.5 Å². The Morgan fingerprint density at radius 3 is 2.66 bits per heavy atom. The quantitative estimate of drug-likeness (QED) is 0.607. The summed E-state index contributed by atoms with van der Waals surface area (Å²) in [6.45, 7) is 1.75. The summed E-state index contributed by atoms with van der Waals surface area (Å²) in [7, 11) is -2.53. The van der Waals surface area contributed by atoms with Crippen LogP contribution in [0.2, 0.25) is 0 Å². The number of rotatable bonds is 5. The van der Waals surface area contributed by atoms with Crippen LogP contribution < -0.4 is 14.8 Å². The molecule has 1 aromatic heterocycles. The summed E-state index contributed by atoms with van der Waals surface area (Å²) in [6.07, 6.45) is 0. The van der Waals surface area contributed by atoms with E-state index in [2.05, 4.69) is 20.0 Å². The first-order valence-electron chi connectivity index (χ1n) is 9.70. The second-order valence-corrected chi connectivity index (χ2v) is 8.84. The van der Waals surface area contributed by atoms with Crippen LogP contribution in [0.15, 0.2) is 64.5 Å². The maximum absolute atomic E-state index is 15.0. The lowest BCUT2D eigenvalue weighted by atomic mass is 9.94. The van der Waals surface area contributed by atoms with Gasteiger partial charge in [-0.3, -0.25) is 0 Å². The van der Waals surface area contributed by atoms with Crippen LogP contribution in [0, 0.1) is 11.6 Å². The Hall–Kier alpha value is -3.53. The molecule has 1 aliphatic heterocycles. The fraction of sp³-hybridized carbons (Fsp3) is 0.182. The van der Waals surface area contributed by atoms with Crippen molar-refractivity contribution in [3.8, 4) is 5.88 Å². The molecule has 1 aliphatic rings. The van der Waals surface area contributed by atoms with Crippen LogP contribution in [0.1, 0.15) is 29.7 Å². The van der Waals surface area contributed by atoms with E-state index in [0.717, 1.165) is 6.07 Å². The van der Waals surface area contributed by atoms with Gasteiger partial charge in [0.25, 0.3) is 10.0 Å². The van der Waals surface area contributed by atoms with Crippen molar-refractivity contribution in [1.29, 1.82) is 0 Å². The average molecular weight is 458 g/mol. The van der Waals surface area contributed by atoms with Crippen molar-refractivity contribution in [3.05, 3.63) is 83.1 Å². The smallest absolute Gasteiger partial charge is 0.266 e. The standard InChI is InChI=1S/C22H20F2N4O3S/c1-13(17-7-4-8-19(26-17)31-2)20-16(24)9-10-18-21(20)27-22(28-32(18,29)30)25-12-14-5-3-6-15(23)11-14/h3-11,13H,12H2,1-2H3,(H2,25,27,28)/t13-/m0/s1. The monoisotopic (exact) mass is 458 g/mol. The number of guanidine groups is 1. The van der Waals surface area contributed by atoms with Crippen molar-refractivity contribution in [2.24, 2.45) is 4.99 Å². The highest BCUT2D eigenvalue weighted by atomic mass is 32.2. The molecule has 10 heteroatoms. The summed E-state index contributed by atoms with van der Waals surface area (Å²) in [6, 6.07) is 13.2. The lowest BCUT2D eigenvalue weighted by Crippen LogP contribution is -2.41. The number of aromatic nitrogens is 1. The third kappa shape index (κ3) is 4.26. The summed E-state index contributed by atoms with van der Waals surface area (Å²) >= 11 is 0. The minimum Gasteiger partial charge on any atom is -0.481 e. The van der Waals surface area contributed by atoms with Gasteiger partial charge in [0.2, 0.25) is 11.8 Å². The number of benzene rings is 2. The Kier molecular flexibility index (Phi) is 5.79. The summed E-state index contributed by atoms with van der Waals surface area (Å²) in [5, 5.41) is 2.89. The van der Waals surface area contributed by atoms with E-state index in [4.69, 9.17) is 4.74 Å². The minimum atomic E-state index is -4.00. The van der Waals surface area contributed by atoms with Gasteiger partial charge >= 0.3 is 0 Å². The number of anilines is 1. The SMILES string of the molecule is COc1cccc([C@H](C)c2c(F)ccc3c2NC(=NCc2cccc(F)c2)NS3(=O)=O)n1. The van der Waals surface area contributed by atoms with Crippen LogP contribution >= 0.6 is 0 Å². The van der Waals surface area contributed by atoms with Crippen molar-refractivity contribution >= 4 is 21.7 Å². The number of methoxy groups -OCH3 is 1. The zero-order chi connectivity index (χ0) is 22.9. The van der Waals surface area contributed by atoms with Gasteiger partial charge in [0.1, 0.15) is 16.5 Å².